The number of rotatable bonds is 4. The summed E-state index contributed by atoms with van der Waals surface area (Å²) < 4.78 is 16.0. The quantitative estimate of drug-likeness (QED) is 0.784. The van der Waals surface area contributed by atoms with Crippen LogP contribution in [0, 0.1) is 5.92 Å². The van der Waals surface area contributed by atoms with Gasteiger partial charge in [0.15, 0.2) is 0 Å². The van der Waals surface area contributed by atoms with Gasteiger partial charge in [0.2, 0.25) is 5.91 Å². The molecule has 1 aliphatic rings. The zero-order valence-corrected chi connectivity index (χ0v) is 15.0. The van der Waals surface area contributed by atoms with E-state index in [2.05, 4.69) is 5.32 Å². The topological polar surface area (TPSA) is 90.9 Å². The van der Waals surface area contributed by atoms with Gasteiger partial charge in [0.05, 0.1) is 12.1 Å². The third-order valence-electron chi connectivity index (χ3n) is 3.47. The Labute approximate surface area is 138 Å². The lowest BCUT2D eigenvalue weighted by Crippen LogP contribution is -2.60. The third kappa shape index (κ3) is 6.99. The van der Waals surface area contributed by atoms with Crippen molar-refractivity contribution in [1.29, 1.82) is 0 Å². The lowest BCUT2D eigenvalue weighted by atomic mass is 9.86. The molecule has 1 saturated heterocycles. The maximum absolute atomic E-state index is 11.3. The monoisotopic (exact) mass is 331 g/mol. The van der Waals surface area contributed by atoms with Gasteiger partial charge < -0.3 is 19.5 Å². The molecule has 1 fully saturated rings. The van der Waals surface area contributed by atoms with Gasteiger partial charge in [-0.15, -0.1) is 0 Å². The van der Waals surface area contributed by atoms with Crippen molar-refractivity contribution in [2.24, 2.45) is 5.92 Å². The van der Waals surface area contributed by atoms with Crippen LogP contribution >= 0.6 is 0 Å². The molecule has 0 saturated carbocycles. The Morgan fingerprint density at radius 1 is 1.04 bits per heavy atom. The lowest BCUT2D eigenvalue weighted by molar-refractivity contribution is -0.196. The number of carbonyl (C=O) groups excluding carboxylic acids is 3. The number of carbonyl (C=O) groups is 3. The number of nitrogens with one attached hydrogen (secondary N) is 1. The van der Waals surface area contributed by atoms with Crippen LogP contribution in [0.1, 0.15) is 48.5 Å². The van der Waals surface area contributed by atoms with Crippen molar-refractivity contribution in [1.82, 2.24) is 5.32 Å². The summed E-state index contributed by atoms with van der Waals surface area (Å²) in [6, 6.07) is -0.277. The fourth-order valence-corrected chi connectivity index (χ4v) is 2.60. The zero-order valence-electron chi connectivity index (χ0n) is 15.0. The summed E-state index contributed by atoms with van der Waals surface area (Å²) in [6.07, 6.45) is -1.42. The molecule has 0 aliphatic carbocycles. The zero-order chi connectivity index (χ0) is 18.2. The number of ether oxygens (including phenoxy) is 3. The average molecular weight is 331 g/mol. The summed E-state index contributed by atoms with van der Waals surface area (Å²) >= 11 is 0. The first kappa shape index (κ1) is 21.4. The Hall–Kier alpha value is -1.63. The van der Waals surface area contributed by atoms with Crippen molar-refractivity contribution in [3.63, 3.8) is 0 Å². The standard InChI is InChI=1S/C14H23NO6.C2H6/c1-7-13(15-9(3)16)8(2)20-12(6-19-10(4)17)14(7)21-11(5)18;1-2/h7-8,12-14H,6H2,1-5H3,(H,15,16);1-2H3/t7?,8-,12?,13?,14?;/m0./s1. The molecule has 7 nitrogen and oxygen atoms in total. The van der Waals surface area contributed by atoms with Gasteiger partial charge in [0, 0.05) is 26.7 Å². The van der Waals surface area contributed by atoms with Gasteiger partial charge in [-0.2, -0.15) is 0 Å². The van der Waals surface area contributed by atoms with E-state index >= 15 is 0 Å². The van der Waals surface area contributed by atoms with Crippen LogP contribution in [0.25, 0.3) is 0 Å². The van der Waals surface area contributed by atoms with E-state index in [1.165, 1.54) is 20.8 Å². The minimum Gasteiger partial charge on any atom is -0.463 e. The maximum atomic E-state index is 11.3. The Balaban J connectivity index is 0.00000232. The Bertz CT molecular complexity index is 409. The van der Waals surface area contributed by atoms with E-state index in [-0.39, 0.29) is 30.6 Å². The van der Waals surface area contributed by atoms with Gasteiger partial charge in [-0.3, -0.25) is 14.4 Å². The molecule has 1 heterocycles. The molecule has 23 heavy (non-hydrogen) atoms. The van der Waals surface area contributed by atoms with Crippen LogP contribution in [-0.2, 0) is 28.6 Å². The normalized spacial score (nSPS) is 29.6. The predicted molar refractivity (Wildman–Crippen MR) is 84.6 cm³/mol. The van der Waals surface area contributed by atoms with Crippen molar-refractivity contribution in [3.8, 4) is 0 Å². The average Bonchev–Trinajstić information content (AvgIpc) is 2.46. The molecule has 4 unspecified atom stereocenters. The first-order valence-corrected chi connectivity index (χ1v) is 7.95. The molecule has 5 atom stereocenters. The smallest absolute Gasteiger partial charge is 0.303 e. The van der Waals surface area contributed by atoms with E-state index in [4.69, 9.17) is 14.2 Å². The molecule has 1 amide bonds. The van der Waals surface area contributed by atoms with Crippen LogP contribution in [0.5, 0.6) is 0 Å². The summed E-state index contributed by atoms with van der Waals surface area (Å²) in [4.78, 5) is 33.5. The molecule has 1 aliphatic heterocycles. The second-order valence-electron chi connectivity index (χ2n) is 5.34. The fourth-order valence-electron chi connectivity index (χ4n) is 2.60. The van der Waals surface area contributed by atoms with Crippen LogP contribution in [0.15, 0.2) is 0 Å². The number of esters is 2. The maximum Gasteiger partial charge on any atom is 0.303 e. The van der Waals surface area contributed by atoms with Crippen molar-refractivity contribution in [3.05, 3.63) is 0 Å². The first-order chi connectivity index (χ1) is 10.7. The minimum atomic E-state index is -0.588. The Kier molecular flexibility index (Phi) is 9.48. The second-order valence-corrected chi connectivity index (χ2v) is 5.34. The summed E-state index contributed by atoms with van der Waals surface area (Å²) in [5.74, 6) is -1.21. The van der Waals surface area contributed by atoms with Gasteiger partial charge in [0.1, 0.15) is 18.8 Å². The molecule has 0 aromatic carbocycles. The van der Waals surface area contributed by atoms with Crippen LogP contribution in [0.4, 0.5) is 0 Å². The molecule has 1 rings (SSSR count). The molecule has 0 aromatic rings. The van der Waals surface area contributed by atoms with E-state index in [0.717, 1.165) is 0 Å². The van der Waals surface area contributed by atoms with Crippen molar-refractivity contribution >= 4 is 17.8 Å². The number of hydrogen-bond acceptors (Lipinski definition) is 6. The Morgan fingerprint density at radius 3 is 2.04 bits per heavy atom. The highest BCUT2D eigenvalue weighted by Gasteiger charge is 2.44. The SMILES string of the molecule is CC.CC(=O)NC1C(C)C(OC(C)=O)C(COC(C)=O)O[C@H]1C. The van der Waals surface area contributed by atoms with Crippen LogP contribution in [0.2, 0.25) is 0 Å². The summed E-state index contributed by atoms with van der Waals surface area (Å²) in [6.45, 7) is 11.7. The van der Waals surface area contributed by atoms with Gasteiger partial charge in [-0.25, -0.2) is 0 Å². The van der Waals surface area contributed by atoms with Gasteiger partial charge in [0.25, 0.3) is 0 Å². The number of amides is 1. The van der Waals surface area contributed by atoms with Crippen molar-refractivity contribution in [2.75, 3.05) is 6.61 Å². The highest BCUT2D eigenvalue weighted by molar-refractivity contribution is 5.73. The Morgan fingerprint density at radius 2 is 1.61 bits per heavy atom. The van der Waals surface area contributed by atoms with Crippen molar-refractivity contribution in [2.45, 2.75) is 72.8 Å². The number of hydrogen-bond donors (Lipinski definition) is 1. The molecular weight excluding hydrogens is 302 g/mol. The first-order valence-electron chi connectivity index (χ1n) is 7.95. The molecule has 134 valence electrons. The second kappa shape index (κ2) is 10.2. The summed E-state index contributed by atoms with van der Waals surface area (Å²) in [7, 11) is 0. The van der Waals surface area contributed by atoms with E-state index in [0.29, 0.717) is 0 Å². The molecule has 0 radical (unpaired) electrons. The molecular formula is C16H29NO6. The minimum absolute atomic E-state index is 0.00868. The molecule has 0 aromatic heterocycles. The lowest BCUT2D eigenvalue weighted by Gasteiger charge is -2.44. The van der Waals surface area contributed by atoms with E-state index in [1.54, 1.807) is 0 Å². The highest BCUT2D eigenvalue weighted by atomic mass is 16.6. The van der Waals surface area contributed by atoms with E-state index in [9.17, 15) is 14.4 Å². The largest absolute Gasteiger partial charge is 0.463 e. The highest BCUT2D eigenvalue weighted by Crippen LogP contribution is 2.28. The molecule has 7 heteroatoms. The predicted octanol–water partition coefficient (Wildman–Crippen LogP) is 1.44. The van der Waals surface area contributed by atoms with Crippen molar-refractivity contribution < 1.29 is 28.6 Å². The van der Waals surface area contributed by atoms with E-state index in [1.807, 2.05) is 27.7 Å². The summed E-state index contributed by atoms with van der Waals surface area (Å²) in [5, 5.41) is 2.81. The van der Waals surface area contributed by atoms with E-state index < -0.39 is 24.1 Å². The third-order valence-corrected chi connectivity index (χ3v) is 3.47. The molecule has 1 N–H and O–H groups in total. The van der Waals surface area contributed by atoms with Gasteiger partial charge in [-0.05, 0) is 6.92 Å². The van der Waals surface area contributed by atoms with Crippen LogP contribution in [0.3, 0.4) is 0 Å². The molecule has 0 bridgehead atoms. The van der Waals surface area contributed by atoms with Gasteiger partial charge >= 0.3 is 11.9 Å². The van der Waals surface area contributed by atoms with Gasteiger partial charge in [-0.1, -0.05) is 20.8 Å². The molecule has 0 spiro atoms. The fraction of sp³-hybridized carbons (Fsp3) is 0.812. The van der Waals surface area contributed by atoms with Crippen LogP contribution < -0.4 is 5.32 Å². The van der Waals surface area contributed by atoms with Crippen LogP contribution in [-0.4, -0.2) is 48.8 Å². The summed E-state index contributed by atoms with van der Waals surface area (Å²) in [5.41, 5.74) is 0.